The smallest absolute Gasteiger partial charge is 0.262 e. The predicted octanol–water partition coefficient (Wildman–Crippen LogP) is 0.733. The van der Waals surface area contributed by atoms with Crippen LogP contribution in [0.5, 0.6) is 0 Å². The van der Waals surface area contributed by atoms with E-state index in [1.165, 1.54) is 21.6 Å². The van der Waals surface area contributed by atoms with Gasteiger partial charge >= 0.3 is 0 Å². The summed E-state index contributed by atoms with van der Waals surface area (Å²) in [6, 6.07) is 1.45. The molecule has 0 saturated heterocycles. The van der Waals surface area contributed by atoms with Gasteiger partial charge in [0.15, 0.2) is 5.78 Å². The lowest BCUT2D eigenvalue weighted by Crippen LogP contribution is -2.27. The van der Waals surface area contributed by atoms with Gasteiger partial charge in [-0.05, 0) is 18.9 Å². The molecule has 1 fully saturated rings. The minimum Gasteiger partial charge on any atom is -0.304 e. The zero-order chi connectivity index (χ0) is 13.7. The van der Waals surface area contributed by atoms with Crippen molar-refractivity contribution in [3.05, 3.63) is 35.1 Å². The van der Waals surface area contributed by atoms with Crippen LogP contribution < -0.4 is 5.56 Å². The largest absolute Gasteiger partial charge is 0.304 e. The van der Waals surface area contributed by atoms with E-state index in [1.54, 1.807) is 12.3 Å². The summed E-state index contributed by atoms with van der Waals surface area (Å²) in [6.07, 6.45) is 6.68. The lowest BCUT2D eigenvalue weighted by molar-refractivity contribution is -0.120. The van der Waals surface area contributed by atoms with Gasteiger partial charge in [0.05, 0.1) is 16.9 Å². The molecule has 3 aromatic rings. The molecule has 3 aromatic heterocycles. The zero-order valence-electron chi connectivity index (χ0n) is 10.6. The molecule has 3 heterocycles. The minimum atomic E-state index is -0.335. The summed E-state index contributed by atoms with van der Waals surface area (Å²) >= 11 is 0. The highest BCUT2D eigenvalue weighted by molar-refractivity contribution is 5.85. The predicted molar refractivity (Wildman–Crippen MR) is 70.4 cm³/mol. The minimum absolute atomic E-state index is 0.126. The fourth-order valence-corrected chi connectivity index (χ4v) is 2.82. The summed E-state index contributed by atoms with van der Waals surface area (Å²) in [5.74, 6) is 0.577. The van der Waals surface area contributed by atoms with Crippen molar-refractivity contribution >= 4 is 22.5 Å². The molecule has 0 N–H and O–H groups in total. The van der Waals surface area contributed by atoms with Crippen molar-refractivity contribution in [2.75, 3.05) is 0 Å². The topological polar surface area (TPSA) is 82.2 Å². The SMILES string of the molecule is O=C1CCC[C@@H]1n1ccc2c(cnc3ncnn32)c1=O. The first-order chi connectivity index (χ1) is 9.75. The molecule has 100 valence electrons. The standard InChI is InChI=1S/C13H11N5O2/c19-11-3-1-2-10(11)17-5-4-9-8(12(17)20)6-14-13-15-7-16-18(9)13/h4-7,10H,1-3H2/t10-/m0/s1. The van der Waals surface area contributed by atoms with Crippen LogP contribution in [0.3, 0.4) is 0 Å². The summed E-state index contributed by atoms with van der Waals surface area (Å²) in [5, 5.41) is 4.51. The van der Waals surface area contributed by atoms with E-state index in [0.29, 0.717) is 23.1 Å². The van der Waals surface area contributed by atoms with Crippen LogP contribution in [-0.4, -0.2) is 29.9 Å². The summed E-state index contributed by atoms with van der Waals surface area (Å²) in [4.78, 5) is 32.5. The van der Waals surface area contributed by atoms with Gasteiger partial charge in [-0.2, -0.15) is 14.6 Å². The second kappa shape index (κ2) is 3.96. The van der Waals surface area contributed by atoms with E-state index in [9.17, 15) is 9.59 Å². The normalized spacial score (nSPS) is 19.2. The maximum atomic E-state index is 12.5. The van der Waals surface area contributed by atoms with Crippen LogP contribution in [0.4, 0.5) is 0 Å². The number of carbonyl (C=O) groups is 1. The second-order valence-corrected chi connectivity index (χ2v) is 4.93. The Labute approximate surface area is 112 Å². The van der Waals surface area contributed by atoms with E-state index in [4.69, 9.17) is 0 Å². The summed E-state index contributed by atoms with van der Waals surface area (Å²) in [6.45, 7) is 0. The molecule has 7 heteroatoms. The lowest BCUT2D eigenvalue weighted by Gasteiger charge is -2.12. The van der Waals surface area contributed by atoms with Crippen molar-refractivity contribution in [2.45, 2.75) is 25.3 Å². The Morgan fingerprint density at radius 1 is 1.25 bits per heavy atom. The van der Waals surface area contributed by atoms with Gasteiger partial charge < -0.3 is 4.57 Å². The van der Waals surface area contributed by atoms with Crippen LogP contribution in [0.1, 0.15) is 25.3 Å². The molecule has 0 bridgehead atoms. The number of pyridine rings is 1. The molecule has 0 spiro atoms. The first kappa shape index (κ1) is 11.3. The Morgan fingerprint density at radius 3 is 2.95 bits per heavy atom. The average Bonchev–Trinajstić information content (AvgIpc) is 3.08. The van der Waals surface area contributed by atoms with E-state index in [1.807, 2.05) is 0 Å². The van der Waals surface area contributed by atoms with E-state index in [-0.39, 0.29) is 17.4 Å². The number of hydrogen-bond donors (Lipinski definition) is 0. The number of carbonyl (C=O) groups excluding carboxylic acids is 1. The second-order valence-electron chi connectivity index (χ2n) is 4.93. The van der Waals surface area contributed by atoms with Crippen LogP contribution in [0.25, 0.3) is 16.7 Å². The number of aromatic nitrogens is 5. The van der Waals surface area contributed by atoms with Gasteiger partial charge in [-0.15, -0.1) is 0 Å². The fraction of sp³-hybridized carbons (Fsp3) is 0.308. The van der Waals surface area contributed by atoms with Crippen LogP contribution >= 0.6 is 0 Å². The van der Waals surface area contributed by atoms with Gasteiger partial charge in [-0.25, -0.2) is 4.98 Å². The third-order valence-corrected chi connectivity index (χ3v) is 3.81. The lowest BCUT2D eigenvalue weighted by atomic mass is 10.2. The number of hydrogen-bond acceptors (Lipinski definition) is 5. The molecule has 0 aliphatic heterocycles. The zero-order valence-corrected chi connectivity index (χ0v) is 10.6. The summed E-state index contributed by atoms with van der Waals surface area (Å²) in [7, 11) is 0. The van der Waals surface area contributed by atoms with Crippen molar-refractivity contribution in [3.8, 4) is 0 Å². The highest BCUT2D eigenvalue weighted by Gasteiger charge is 2.27. The van der Waals surface area contributed by atoms with E-state index in [2.05, 4.69) is 15.1 Å². The number of nitrogens with zero attached hydrogens (tertiary/aromatic N) is 5. The molecule has 0 amide bonds. The average molecular weight is 269 g/mol. The number of fused-ring (bicyclic) bond motifs is 3. The Morgan fingerprint density at radius 2 is 2.15 bits per heavy atom. The van der Waals surface area contributed by atoms with Crippen LogP contribution in [0.15, 0.2) is 29.6 Å². The van der Waals surface area contributed by atoms with Gasteiger partial charge in [-0.3, -0.25) is 9.59 Å². The fourth-order valence-electron chi connectivity index (χ4n) is 2.82. The van der Waals surface area contributed by atoms with Gasteiger partial charge in [-0.1, -0.05) is 0 Å². The van der Waals surface area contributed by atoms with Gasteiger partial charge in [0.1, 0.15) is 6.33 Å². The molecule has 1 atom stereocenters. The molecule has 0 unspecified atom stereocenters. The summed E-state index contributed by atoms with van der Waals surface area (Å²) in [5.41, 5.74) is 0.451. The van der Waals surface area contributed by atoms with E-state index >= 15 is 0 Å². The van der Waals surface area contributed by atoms with Gasteiger partial charge in [0.2, 0.25) is 0 Å². The van der Waals surface area contributed by atoms with Crippen LogP contribution in [-0.2, 0) is 4.79 Å². The van der Waals surface area contributed by atoms with E-state index in [0.717, 1.165) is 12.8 Å². The summed E-state index contributed by atoms with van der Waals surface area (Å²) < 4.78 is 3.04. The highest BCUT2D eigenvalue weighted by atomic mass is 16.1. The highest BCUT2D eigenvalue weighted by Crippen LogP contribution is 2.25. The quantitative estimate of drug-likeness (QED) is 0.650. The third-order valence-electron chi connectivity index (χ3n) is 3.81. The van der Waals surface area contributed by atoms with Crippen molar-refractivity contribution in [1.82, 2.24) is 24.1 Å². The number of rotatable bonds is 1. The number of ketones is 1. The molecule has 0 radical (unpaired) electrons. The maximum Gasteiger partial charge on any atom is 0.262 e. The van der Waals surface area contributed by atoms with Crippen LogP contribution in [0, 0.1) is 0 Å². The molecular formula is C13H11N5O2. The molecule has 7 nitrogen and oxygen atoms in total. The molecule has 20 heavy (non-hydrogen) atoms. The third kappa shape index (κ3) is 1.43. The van der Waals surface area contributed by atoms with Crippen LogP contribution in [0.2, 0.25) is 0 Å². The molecule has 1 aliphatic carbocycles. The van der Waals surface area contributed by atoms with Crippen molar-refractivity contribution in [3.63, 3.8) is 0 Å². The van der Waals surface area contributed by atoms with Gasteiger partial charge in [0, 0.05) is 18.8 Å². The Bertz CT molecular complexity index is 895. The molecule has 4 rings (SSSR count). The Balaban J connectivity index is 2.01. The first-order valence-electron chi connectivity index (χ1n) is 6.48. The molecule has 1 saturated carbocycles. The number of Topliss-reactive ketones (excluding diaryl/α,β-unsaturated/α-hetero) is 1. The van der Waals surface area contributed by atoms with Crippen molar-refractivity contribution in [1.29, 1.82) is 0 Å². The monoisotopic (exact) mass is 269 g/mol. The first-order valence-corrected chi connectivity index (χ1v) is 6.48. The molecular weight excluding hydrogens is 258 g/mol. The van der Waals surface area contributed by atoms with Gasteiger partial charge in [0.25, 0.3) is 11.3 Å². The Hall–Kier alpha value is -2.57. The van der Waals surface area contributed by atoms with Crippen molar-refractivity contribution in [2.24, 2.45) is 0 Å². The maximum absolute atomic E-state index is 12.5. The molecule has 1 aliphatic rings. The molecule has 0 aromatic carbocycles. The van der Waals surface area contributed by atoms with E-state index < -0.39 is 0 Å². The Kier molecular flexibility index (Phi) is 2.23. The van der Waals surface area contributed by atoms with Crippen molar-refractivity contribution < 1.29 is 4.79 Å².